The van der Waals surface area contributed by atoms with E-state index in [1.54, 1.807) is 6.26 Å². The highest BCUT2D eigenvalue weighted by atomic mass is 32.1. The van der Waals surface area contributed by atoms with Gasteiger partial charge in [-0.05, 0) is 49.0 Å². The van der Waals surface area contributed by atoms with Crippen LogP contribution in [-0.4, -0.2) is 15.8 Å². The van der Waals surface area contributed by atoms with E-state index in [0.29, 0.717) is 5.11 Å². The summed E-state index contributed by atoms with van der Waals surface area (Å²) in [4.78, 5) is 0. The first kappa shape index (κ1) is 16.5. The first-order chi connectivity index (χ1) is 12.7. The molecule has 2 heterocycles. The standard InChI is InChI=1S/C21H19N3OS/c1-15-7-5-8-16(13-15)19-14-18(20-11-6-12-25-20)23-24(19)21(26)22-17-9-3-2-4-10-17/h2-13,19H,14H2,1H3,(H,22,26)/t19-/m0/s1. The molecule has 2 aromatic carbocycles. The molecule has 5 heteroatoms. The summed E-state index contributed by atoms with van der Waals surface area (Å²) in [5, 5.41) is 10.5. The smallest absolute Gasteiger partial charge is 0.194 e. The van der Waals surface area contributed by atoms with Crippen molar-refractivity contribution in [2.24, 2.45) is 5.10 Å². The van der Waals surface area contributed by atoms with Crippen molar-refractivity contribution in [3.63, 3.8) is 0 Å². The number of hydrazone groups is 1. The van der Waals surface area contributed by atoms with Crippen LogP contribution in [0.15, 0.2) is 82.5 Å². The van der Waals surface area contributed by atoms with Crippen LogP contribution in [-0.2, 0) is 0 Å². The van der Waals surface area contributed by atoms with Crippen molar-refractivity contribution < 1.29 is 4.42 Å². The van der Waals surface area contributed by atoms with E-state index in [4.69, 9.17) is 21.7 Å². The summed E-state index contributed by atoms with van der Waals surface area (Å²) in [6, 6.07) is 22.2. The van der Waals surface area contributed by atoms with Crippen molar-refractivity contribution in [1.82, 2.24) is 5.01 Å². The Bertz CT molecular complexity index is 935. The first-order valence-electron chi connectivity index (χ1n) is 8.54. The van der Waals surface area contributed by atoms with Crippen molar-refractivity contribution in [3.8, 4) is 0 Å². The van der Waals surface area contributed by atoms with Gasteiger partial charge in [-0.3, -0.25) is 0 Å². The molecule has 0 radical (unpaired) electrons. The van der Waals surface area contributed by atoms with Gasteiger partial charge in [-0.15, -0.1) is 0 Å². The molecule has 0 amide bonds. The molecule has 0 aliphatic carbocycles. The Balaban J connectivity index is 1.65. The highest BCUT2D eigenvalue weighted by Gasteiger charge is 2.32. The Morgan fingerprint density at radius 2 is 1.96 bits per heavy atom. The summed E-state index contributed by atoms with van der Waals surface area (Å²) in [7, 11) is 0. The number of hydrogen-bond donors (Lipinski definition) is 1. The van der Waals surface area contributed by atoms with Gasteiger partial charge in [0.25, 0.3) is 0 Å². The molecule has 4 rings (SSSR count). The summed E-state index contributed by atoms with van der Waals surface area (Å²) in [6.45, 7) is 2.09. The van der Waals surface area contributed by atoms with E-state index in [2.05, 4.69) is 36.5 Å². The molecule has 1 atom stereocenters. The fourth-order valence-corrected chi connectivity index (χ4v) is 3.41. The molecule has 0 unspecified atom stereocenters. The molecule has 1 N–H and O–H groups in total. The Morgan fingerprint density at radius 1 is 1.12 bits per heavy atom. The summed E-state index contributed by atoms with van der Waals surface area (Å²) >= 11 is 5.67. The number of furan rings is 1. The van der Waals surface area contributed by atoms with Crippen molar-refractivity contribution in [1.29, 1.82) is 0 Å². The number of benzene rings is 2. The van der Waals surface area contributed by atoms with Gasteiger partial charge in [-0.2, -0.15) is 5.10 Å². The SMILES string of the molecule is Cc1cccc([C@@H]2CC(c3ccco3)=NN2C(=S)Nc2ccccc2)c1. The molecule has 0 saturated heterocycles. The number of thiocarbonyl (C=S) groups is 1. The van der Waals surface area contributed by atoms with Gasteiger partial charge in [-0.1, -0.05) is 48.0 Å². The quantitative estimate of drug-likeness (QED) is 0.656. The first-order valence-corrected chi connectivity index (χ1v) is 8.95. The van der Waals surface area contributed by atoms with Crippen LogP contribution in [0.4, 0.5) is 5.69 Å². The average molecular weight is 361 g/mol. The highest BCUT2D eigenvalue weighted by molar-refractivity contribution is 7.80. The number of rotatable bonds is 3. The molecular formula is C21H19N3OS. The number of nitrogens with zero attached hydrogens (tertiary/aromatic N) is 2. The van der Waals surface area contributed by atoms with Crippen LogP contribution < -0.4 is 5.32 Å². The molecule has 0 fully saturated rings. The van der Waals surface area contributed by atoms with Crippen molar-refractivity contribution in [3.05, 3.63) is 89.9 Å². The fraction of sp³-hybridized carbons (Fsp3) is 0.143. The third-order valence-corrected chi connectivity index (χ3v) is 4.67. The molecule has 26 heavy (non-hydrogen) atoms. The van der Waals surface area contributed by atoms with E-state index >= 15 is 0 Å². The van der Waals surface area contributed by atoms with Crippen LogP contribution in [0.2, 0.25) is 0 Å². The molecule has 0 saturated carbocycles. The normalized spacial score (nSPS) is 16.4. The summed E-state index contributed by atoms with van der Waals surface area (Å²) in [5.74, 6) is 0.785. The lowest BCUT2D eigenvalue weighted by molar-refractivity contribution is 0.375. The topological polar surface area (TPSA) is 40.8 Å². The highest BCUT2D eigenvalue weighted by Crippen LogP contribution is 2.33. The molecule has 1 aromatic heterocycles. The zero-order chi connectivity index (χ0) is 17.9. The van der Waals surface area contributed by atoms with Crippen LogP contribution in [0.25, 0.3) is 0 Å². The van der Waals surface area contributed by atoms with Gasteiger partial charge in [0.2, 0.25) is 0 Å². The molecule has 1 aliphatic heterocycles. The van der Waals surface area contributed by atoms with Gasteiger partial charge in [0.05, 0.1) is 12.3 Å². The van der Waals surface area contributed by atoms with Crippen molar-refractivity contribution in [2.75, 3.05) is 5.32 Å². The number of hydrogen-bond acceptors (Lipinski definition) is 3. The molecule has 130 valence electrons. The Hall–Kier alpha value is -2.92. The van der Waals surface area contributed by atoms with Crippen LogP contribution in [0.5, 0.6) is 0 Å². The predicted octanol–water partition coefficient (Wildman–Crippen LogP) is 5.14. The lowest BCUT2D eigenvalue weighted by Gasteiger charge is -2.25. The second-order valence-corrected chi connectivity index (χ2v) is 6.69. The molecular weight excluding hydrogens is 342 g/mol. The van der Waals surface area contributed by atoms with Gasteiger partial charge in [0.1, 0.15) is 11.5 Å². The number of anilines is 1. The van der Waals surface area contributed by atoms with E-state index in [-0.39, 0.29) is 6.04 Å². The minimum Gasteiger partial charge on any atom is -0.463 e. The summed E-state index contributed by atoms with van der Waals surface area (Å²) < 4.78 is 5.55. The minimum absolute atomic E-state index is 0.0405. The molecule has 3 aromatic rings. The Kier molecular flexibility index (Phi) is 4.54. The average Bonchev–Trinajstić information content (AvgIpc) is 3.32. The lowest BCUT2D eigenvalue weighted by atomic mass is 9.99. The predicted molar refractivity (Wildman–Crippen MR) is 108 cm³/mol. The Labute approximate surface area is 158 Å². The van der Waals surface area contributed by atoms with E-state index in [9.17, 15) is 0 Å². The zero-order valence-electron chi connectivity index (χ0n) is 14.4. The monoisotopic (exact) mass is 361 g/mol. The summed E-state index contributed by atoms with van der Waals surface area (Å²) in [5.41, 5.74) is 4.25. The van der Waals surface area contributed by atoms with Crippen molar-refractivity contribution in [2.45, 2.75) is 19.4 Å². The second-order valence-electron chi connectivity index (χ2n) is 6.30. The molecule has 0 spiro atoms. The minimum atomic E-state index is 0.0405. The van der Waals surface area contributed by atoms with Crippen LogP contribution >= 0.6 is 12.2 Å². The summed E-state index contributed by atoms with van der Waals surface area (Å²) in [6.07, 6.45) is 2.41. The van der Waals surface area contributed by atoms with E-state index in [1.807, 2.05) is 47.5 Å². The van der Waals surface area contributed by atoms with Gasteiger partial charge in [0, 0.05) is 12.1 Å². The maximum atomic E-state index is 5.67. The molecule has 4 nitrogen and oxygen atoms in total. The largest absolute Gasteiger partial charge is 0.463 e. The van der Waals surface area contributed by atoms with Gasteiger partial charge in [0.15, 0.2) is 5.11 Å². The second kappa shape index (κ2) is 7.14. The lowest BCUT2D eigenvalue weighted by Crippen LogP contribution is -2.31. The van der Waals surface area contributed by atoms with Crippen LogP contribution in [0, 0.1) is 6.92 Å². The number of aryl methyl sites for hydroxylation is 1. The fourth-order valence-electron chi connectivity index (χ4n) is 3.13. The third-order valence-electron chi connectivity index (χ3n) is 4.38. The Morgan fingerprint density at radius 3 is 2.69 bits per heavy atom. The number of nitrogens with one attached hydrogen (secondary N) is 1. The number of para-hydroxylation sites is 1. The third kappa shape index (κ3) is 3.39. The maximum Gasteiger partial charge on any atom is 0.194 e. The van der Waals surface area contributed by atoms with E-state index < -0.39 is 0 Å². The van der Waals surface area contributed by atoms with Gasteiger partial charge >= 0.3 is 0 Å². The molecule has 1 aliphatic rings. The van der Waals surface area contributed by atoms with Gasteiger partial charge in [-0.25, -0.2) is 5.01 Å². The zero-order valence-corrected chi connectivity index (χ0v) is 15.2. The van der Waals surface area contributed by atoms with E-state index in [0.717, 1.165) is 23.6 Å². The van der Waals surface area contributed by atoms with Crippen LogP contribution in [0.1, 0.15) is 29.3 Å². The van der Waals surface area contributed by atoms with Gasteiger partial charge < -0.3 is 9.73 Å². The molecule has 0 bridgehead atoms. The van der Waals surface area contributed by atoms with Crippen LogP contribution in [0.3, 0.4) is 0 Å². The van der Waals surface area contributed by atoms with E-state index in [1.165, 1.54) is 11.1 Å². The van der Waals surface area contributed by atoms with Crippen molar-refractivity contribution >= 4 is 28.7 Å². The maximum absolute atomic E-state index is 5.67.